The lowest BCUT2D eigenvalue weighted by atomic mass is 10.1. The predicted molar refractivity (Wildman–Crippen MR) is 66.0 cm³/mol. The standard InChI is InChI=1S/C13H19FN2/c1-16(9-10-4-2-3-5-10)13-7-6-11(15)8-12(13)14/h6-8,10H,2-5,9,15H2,1H3. The number of rotatable bonds is 3. The SMILES string of the molecule is CN(CC1CCCC1)c1ccc(N)cc1F. The Morgan fingerprint density at radius 3 is 2.69 bits per heavy atom. The average molecular weight is 222 g/mol. The highest BCUT2D eigenvalue weighted by Gasteiger charge is 2.18. The second kappa shape index (κ2) is 4.73. The molecule has 2 N–H and O–H groups in total. The number of anilines is 2. The first kappa shape index (κ1) is 11.2. The lowest BCUT2D eigenvalue weighted by Gasteiger charge is -2.23. The summed E-state index contributed by atoms with van der Waals surface area (Å²) in [6, 6.07) is 4.91. The third kappa shape index (κ3) is 2.46. The van der Waals surface area contributed by atoms with Crippen molar-refractivity contribution in [2.45, 2.75) is 25.7 Å². The molecule has 0 saturated heterocycles. The van der Waals surface area contributed by atoms with E-state index in [1.165, 1.54) is 31.7 Å². The topological polar surface area (TPSA) is 29.3 Å². The Hall–Kier alpha value is -1.25. The number of nitrogens with zero attached hydrogens (tertiary/aromatic N) is 1. The van der Waals surface area contributed by atoms with Gasteiger partial charge in [-0.15, -0.1) is 0 Å². The van der Waals surface area contributed by atoms with E-state index in [2.05, 4.69) is 0 Å². The smallest absolute Gasteiger partial charge is 0.148 e. The first-order valence-corrected chi connectivity index (χ1v) is 5.93. The second-order valence-electron chi connectivity index (χ2n) is 4.74. The lowest BCUT2D eigenvalue weighted by molar-refractivity contribution is 0.539. The van der Waals surface area contributed by atoms with Crippen molar-refractivity contribution >= 4 is 11.4 Å². The van der Waals surface area contributed by atoms with Gasteiger partial charge in [0, 0.05) is 19.3 Å². The van der Waals surface area contributed by atoms with Crippen molar-refractivity contribution in [2.24, 2.45) is 5.92 Å². The summed E-state index contributed by atoms with van der Waals surface area (Å²) in [6.07, 6.45) is 5.20. The molecular formula is C13H19FN2. The van der Waals surface area contributed by atoms with Crippen molar-refractivity contribution in [3.05, 3.63) is 24.0 Å². The van der Waals surface area contributed by atoms with E-state index in [-0.39, 0.29) is 5.82 Å². The average Bonchev–Trinajstić information content (AvgIpc) is 2.70. The van der Waals surface area contributed by atoms with E-state index in [9.17, 15) is 4.39 Å². The Morgan fingerprint density at radius 2 is 2.06 bits per heavy atom. The molecule has 16 heavy (non-hydrogen) atoms. The number of hydrogen-bond donors (Lipinski definition) is 1. The van der Waals surface area contributed by atoms with Gasteiger partial charge in [-0.25, -0.2) is 4.39 Å². The van der Waals surface area contributed by atoms with Crippen molar-refractivity contribution in [1.82, 2.24) is 0 Å². The molecule has 1 aromatic rings. The number of hydrogen-bond acceptors (Lipinski definition) is 2. The Kier molecular flexibility index (Phi) is 3.32. The third-order valence-electron chi connectivity index (χ3n) is 3.39. The maximum atomic E-state index is 13.7. The molecule has 2 nitrogen and oxygen atoms in total. The van der Waals surface area contributed by atoms with Crippen LogP contribution in [0.25, 0.3) is 0 Å². The van der Waals surface area contributed by atoms with Crippen molar-refractivity contribution < 1.29 is 4.39 Å². The van der Waals surface area contributed by atoms with Crippen molar-refractivity contribution in [3.63, 3.8) is 0 Å². The van der Waals surface area contributed by atoms with Gasteiger partial charge in [-0.05, 0) is 37.0 Å². The molecule has 0 unspecified atom stereocenters. The predicted octanol–water partition coefficient (Wildman–Crippen LogP) is 3.03. The summed E-state index contributed by atoms with van der Waals surface area (Å²) in [7, 11) is 1.95. The Labute approximate surface area is 96.2 Å². The van der Waals surface area contributed by atoms with Crippen LogP contribution in [0, 0.1) is 11.7 Å². The van der Waals surface area contributed by atoms with E-state index < -0.39 is 0 Å². The highest BCUT2D eigenvalue weighted by atomic mass is 19.1. The first-order chi connectivity index (χ1) is 7.66. The molecule has 1 aliphatic carbocycles. The lowest BCUT2D eigenvalue weighted by Crippen LogP contribution is -2.24. The highest BCUT2D eigenvalue weighted by molar-refractivity contribution is 5.54. The van der Waals surface area contributed by atoms with E-state index in [4.69, 9.17) is 5.73 Å². The molecule has 2 rings (SSSR count). The van der Waals surface area contributed by atoms with Gasteiger partial charge >= 0.3 is 0 Å². The van der Waals surface area contributed by atoms with Gasteiger partial charge in [0.15, 0.2) is 0 Å². The minimum atomic E-state index is -0.222. The molecule has 88 valence electrons. The third-order valence-corrected chi connectivity index (χ3v) is 3.39. The van der Waals surface area contributed by atoms with Crippen LogP contribution in [0.4, 0.5) is 15.8 Å². The minimum absolute atomic E-state index is 0.222. The maximum absolute atomic E-state index is 13.7. The zero-order valence-corrected chi connectivity index (χ0v) is 9.75. The van der Waals surface area contributed by atoms with Gasteiger partial charge in [0.2, 0.25) is 0 Å². The van der Waals surface area contributed by atoms with E-state index in [0.29, 0.717) is 11.4 Å². The van der Waals surface area contributed by atoms with E-state index in [0.717, 1.165) is 12.5 Å². The molecule has 0 atom stereocenters. The molecule has 0 aliphatic heterocycles. The first-order valence-electron chi connectivity index (χ1n) is 5.93. The monoisotopic (exact) mass is 222 g/mol. The van der Waals surface area contributed by atoms with E-state index in [1.807, 2.05) is 11.9 Å². The zero-order valence-electron chi connectivity index (χ0n) is 9.75. The Morgan fingerprint density at radius 1 is 1.38 bits per heavy atom. The molecule has 1 fully saturated rings. The van der Waals surface area contributed by atoms with Gasteiger partial charge in [0.05, 0.1) is 5.69 Å². The van der Waals surface area contributed by atoms with Gasteiger partial charge in [-0.3, -0.25) is 0 Å². The number of halogens is 1. The van der Waals surface area contributed by atoms with Crippen molar-refractivity contribution in [2.75, 3.05) is 24.2 Å². The minimum Gasteiger partial charge on any atom is -0.399 e. The number of nitrogen functional groups attached to an aromatic ring is 1. The van der Waals surface area contributed by atoms with E-state index >= 15 is 0 Å². The quantitative estimate of drug-likeness (QED) is 0.796. The summed E-state index contributed by atoms with van der Waals surface area (Å²) < 4.78 is 13.7. The molecule has 0 heterocycles. The molecule has 0 amide bonds. The van der Waals surface area contributed by atoms with E-state index in [1.54, 1.807) is 12.1 Å². The summed E-state index contributed by atoms with van der Waals surface area (Å²) in [4.78, 5) is 2.00. The van der Waals surface area contributed by atoms with Crippen LogP contribution in [0.5, 0.6) is 0 Å². The molecule has 0 aromatic heterocycles. The van der Waals surface area contributed by atoms with Gasteiger partial charge < -0.3 is 10.6 Å². The van der Waals surface area contributed by atoms with Gasteiger partial charge in [0.25, 0.3) is 0 Å². The van der Waals surface area contributed by atoms with Gasteiger partial charge in [-0.2, -0.15) is 0 Å². The fourth-order valence-corrected chi connectivity index (χ4v) is 2.51. The number of nitrogens with two attached hydrogens (primary N) is 1. The Balaban J connectivity index is 2.04. The van der Waals surface area contributed by atoms with Crippen LogP contribution in [-0.2, 0) is 0 Å². The van der Waals surface area contributed by atoms with Crippen LogP contribution in [0.2, 0.25) is 0 Å². The van der Waals surface area contributed by atoms with Crippen molar-refractivity contribution in [1.29, 1.82) is 0 Å². The van der Waals surface area contributed by atoms with Crippen LogP contribution in [0.15, 0.2) is 18.2 Å². The van der Waals surface area contributed by atoms with Crippen LogP contribution in [0.3, 0.4) is 0 Å². The van der Waals surface area contributed by atoms with Crippen LogP contribution >= 0.6 is 0 Å². The molecule has 0 spiro atoms. The fraction of sp³-hybridized carbons (Fsp3) is 0.538. The zero-order chi connectivity index (χ0) is 11.5. The van der Waals surface area contributed by atoms with Crippen LogP contribution in [-0.4, -0.2) is 13.6 Å². The van der Waals surface area contributed by atoms with Crippen LogP contribution < -0.4 is 10.6 Å². The molecular weight excluding hydrogens is 203 g/mol. The Bertz CT molecular complexity index is 359. The van der Waals surface area contributed by atoms with Crippen LogP contribution in [0.1, 0.15) is 25.7 Å². The summed E-state index contributed by atoms with van der Waals surface area (Å²) in [5.41, 5.74) is 6.67. The van der Waals surface area contributed by atoms with Gasteiger partial charge in [-0.1, -0.05) is 12.8 Å². The normalized spacial score (nSPS) is 16.6. The fourth-order valence-electron chi connectivity index (χ4n) is 2.51. The molecule has 1 aliphatic rings. The summed E-state index contributed by atoms with van der Waals surface area (Å²) in [5, 5.41) is 0. The molecule has 0 bridgehead atoms. The number of benzene rings is 1. The molecule has 1 aromatic carbocycles. The molecule has 0 radical (unpaired) electrons. The molecule has 3 heteroatoms. The molecule has 1 saturated carbocycles. The second-order valence-corrected chi connectivity index (χ2v) is 4.74. The summed E-state index contributed by atoms with van der Waals surface area (Å²) in [5.74, 6) is 0.502. The van der Waals surface area contributed by atoms with Gasteiger partial charge in [0.1, 0.15) is 5.82 Å². The van der Waals surface area contributed by atoms with Crippen molar-refractivity contribution in [3.8, 4) is 0 Å². The summed E-state index contributed by atoms with van der Waals surface area (Å²) >= 11 is 0. The summed E-state index contributed by atoms with van der Waals surface area (Å²) in [6.45, 7) is 0.945. The largest absolute Gasteiger partial charge is 0.399 e. The highest BCUT2D eigenvalue weighted by Crippen LogP contribution is 2.28. The maximum Gasteiger partial charge on any atom is 0.148 e.